The Hall–Kier alpha value is -0.540. The topological polar surface area (TPSA) is 21.1 Å². The SMILES string of the molecule is CCC(CC)n1ccc(CN(C)CCCl)n1. The Morgan fingerprint density at radius 2 is 2.12 bits per heavy atom. The smallest absolute Gasteiger partial charge is 0.0764 e. The third kappa shape index (κ3) is 3.80. The molecule has 0 unspecified atom stereocenters. The number of halogens is 1. The van der Waals surface area contributed by atoms with E-state index in [1.807, 2.05) is 0 Å². The molecule has 0 aliphatic heterocycles. The Kier molecular flexibility index (Phi) is 5.85. The lowest BCUT2D eigenvalue weighted by molar-refractivity contribution is 0.337. The van der Waals surface area contributed by atoms with Crippen molar-refractivity contribution in [3.05, 3.63) is 18.0 Å². The van der Waals surface area contributed by atoms with Gasteiger partial charge in [-0.15, -0.1) is 11.6 Å². The molecular weight excluding hydrogens is 222 g/mol. The Labute approximate surface area is 103 Å². The summed E-state index contributed by atoms with van der Waals surface area (Å²) in [4.78, 5) is 2.19. The fourth-order valence-electron chi connectivity index (χ4n) is 1.83. The van der Waals surface area contributed by atoms with E-state index in [0.717, 1.165) is 31.6 Å². The maximum absolute atomic E-state index is 5.70. The highest BCUT2D eigenvalue weighted by Gasteiger charge is 2.08. The monoisotopic (exact) mass is 243 g/mol. The maximum Gasteiger partial charge on any atom is 0.0764 e. The lowest BCUT2D eigenvalue weighted by Crippen LogP contribution is -2.20. The second-order valence-corrected chi connectivity index (χ2v) is 4.56. The third-order valence-electron chi connectivity index (χ3n) is 2.88. The minimum atomic E-state index is 0.534. The molecule has 0 amide bonds. The van der Waals surface area contributed by atoms with Crippen LogP contribution in [0.2, 0.25) is 0 Å². The summed E-state index contributed by atoms with van der Waals surface area (Å²) in [7, 11) is 2.07. The summed E-state index contributed by atoms with van der Waals surface area (Å²) in [5.41, 5.74) is 1.12. The number of hydrogen-bond acceptors (Lipinski definition) is 2. The van der Waals surface area contributed by atoms with E-state index >= 15 is 0 Å². The van der Waals surface area contributed by atoms with Crippen LogP contribution in [0.15, 0.2) is 12.3 Å². The van der Waals surface area contributed by atoms with E-state index in [0.29, 0.717) is 11.9 Å². The Morgan fingerprint density at radius 1 is 1.44 bits per heavy atom. The molecular formula is C12H22ClN3. The van der Waals surface area contributed by atoms with Gasteiger partial charge in [0.2, 0.25) is 0 Å². The molecule has 0 radical (unpaired) electrons. The van der Waals surface area contributed by atoms with Gasteiger partial charge in [0.05, 0.1) is 11.7 Å². The van der Waals surface area contributed by atoms with Crippen molar-refractivity contribution in [2.75, 3.05) is 19.5 Å². The highest BCUT2D eigenvalue weighted by atomic mass is 35.5. The molecule has 3 nitrogen and oxygen atoms in total. The van der Waals surface area contributed by atoms with Gasteiger partial charge in [0.15, 0.2) is 0 Å². The summed E-state index contributed by atoms with van der Waals surface area (Å²) in [6.45, 7) is 6.18. The molecule has 0 fully saturated rings. The van der Waals surface area contributed by atoms with Crippen LogP contribution in [0.5, 0.6) is 0 Å². The van der Waals surface area contributed by atoms with Gasteiger partial charge in [0.1, 0.15) is 0 Å². The molecule has 0 saturated carbocycles. The van der Waals surface area contributed by atoms with Crippen molar-refractivity contribution in [2.45, 2.75) is 39.3 Å². The van der Waals surface area contributed by atoms with Crippen molar-refractivity contribution < 1.29 is 0 Å². The molecule has 0 spiro atoms. The Balaban J connectivity index is 2.57. The number of nitrogens with zero attached hydrogens (tertiary/aromatic N) is 3. The van der Waals surface area contributed by atoms with Crippen LogP contribution in [-0.4, -0.2) is 34.2 Å². The van der Waals surface area contributed by atoms with E-state index in [2.05, 4.69) is 47.8 Å². The van der Waals surface area contributed by atoms with Crippen molar-refractivity contribution in [2.24, 2.45) is 0 Å². The van der Waals surface area contributed by atoms with Gasteiger partial charge in [-0.2, -0.15) is 5.10 Å². The minimum absolute atomic E-state index is 0.534. The van der Waals surface area contributed by atoms with E-state index in [-0.39, 0.29) is 0 Å². The molecule has 4 heteroatoms. The standard InChI is InChI=1S/C12H22ClN3/c1-4-12(5-2)16-8-6-11(14-16)10-15(3)9-7-13/h6,8,12H,4-5,7,9-10H2,1-3H3. The van der Waals surface area contributed by atoms with Crippen LogP contribution in [0.1, 0.15) is 38.4 Å². The van der Waals surface area contributed by atoms with E-state index < -0.39 is 0 Å². The summed E-state index contributed by atoms with van der Waals surface area (Å²) < 4.78 is 2.09. The molecule has 1 aromatic rings. The molecule has 0 N–H and O–H groups in total. The number of rotatable bonds is 7. The first-order chi connectivity index (χ1) is 7.71. The van der Waals surface area contributed by atoms with Gasteiger partial charge < -0.3 is 0 Å². The van der Waals surface area contributed by atoms with Crippen LogP contribution >= 0.6 is 11.6 Å². The zero-order valence-corrected chi connectivity index (χ0v) is 11.2. The van der Waals surface area contributed by atoms with Gasteiger partial charge in [-0.25, -0.2) is 0 Å². The van der Waals surface area contributed by atoms with Crippen molar-refractivity contribution in [1.29, 1.82) is 0 Å². The first kappa shape index (κ1) is 13.5. The zero-order valence-electron chi connectivity index (χ0n) is 10.5. The Bertz CT molecular complexity index is 294. The van der Waals surface area contributed by atoms with E-state index in [9.17, 15) is 0 Å². The van der Waals surface area contributed by atoms with Gasteiger partial charge in [0, 0.05) is 25.2 Å². The number of hydrogen-bond donors (Lipinski definition) is 0. The van der Waals surface area contributed by atoms with Crippen LogP contribution in [0.25, 0.3) is 0 Å². The average Bonchev–Trinajstić information content (AvgIpc) is 2.68. The fourth-order valence-corrected chi connectivity index (χ4v) is 2.12. The highest BCUT2D eigenvalue weighted by Crippen LogP contribution is 2.14. The number of aromatic nitrogens is 2. The van der Waals surface area contributed by atoms with E-state index in [1.54, 1.807) is 0 Å². The molecule has 0 aliphatic carbocycles. The molecule has 0 aromatic carbocycles. The van der Waals surface area contributed by atoms with Gasteiger partial charge in [-0.3, -0.25) is 9.58 Å². The zero-order chi connectivity index (χ0) is 12.0. The van der Waals surface area contributed by atoms with Crippen LogP contribution in [0, 0.1) is 0 Å². The largest absolute Gasteiger partial charge is 0.299 e. The predicted octanol–water partition coefficient (Wildman–Crippen LogP) is 2.91. The van der Waals surface area contributed by atoms with Gasteiger partial charge in [-0.1, -0.05) is 13.8 Å². The molecule has 0 aliphatic rings. The third-order valence-corrected chi connectivity index (χ3v) is 3.05. The summed E-state index contributed by atoms with van der Waals surface area (Å²) in [5.74, 6) is 0.670. The van der Waals surface area contributed by atoms with Crippen LogP contribution in [0.4, 0.5) is 0 Å². The highest BCUT2D eigenvalue weighted by molar-refractivity contribution is 6.18. The van der Waals surface area contributed by atoms with Crippen molar-refractivity contribution in [3.63, 3.8) is 0 Å². The summed E-state index contributed by atoms with van der Waals surface area (Å²) in [5, 5.41) is 4.61. The second kappa shape index (κ2) is 6.92. The quantitative estimate of drug-likeness (QED) is 0.687. The van der Waals surface area contributed by atoms with Crippen LogP contribution < -0.4 is 0 Å². The minimum Gasteiger partial charge on any atom is -0.299 e. The average molecular weight is 244 g/mol. The summed E-state index contributed by atoms with van der Waals surface area (Å²) in [6, 6.07) is 2.63. The van der Waals surface area contributed by atoms with E-state index in [4.69, 9.17) is 11.6 Å². The predicted molar refractivity (Wildman–Crippen MR) is 68.9 cm³/mol. The molecule has 0 saturated heterocycles. The first-order valence-electron chi connectivity index (χ1n) is 5.99. The molecule has 0 atom stereocenters. The van der Waals surface area contributed by atoms with Gasteiger partial charge >= 0.3 is 0 Å². The second-order valence-electron chi connectivity index (χ2n) is 4.18. The molecule has 1 rings (SSSR count). The van der Waals surface area contributed by atoms with Gasteiger partial charge in [-0.05, 0) is 26.0 Å². The molecule has 0 bridgehead atoms. The Morgan fingerprint density at radius 3 is 2.69 bits per heavy atom. The van der Waals surface area contributed by atoms with E-state index in [1.165, 1.54) is 0 Å². The first-order valence-corrected chi connectivity index (χ1v) is 6.53. The molecule has 92 valence electrons. The lowest BCUT2D eigenvalue weighted by Gasteiger charge is -2.14. The lowest BCUT2D eigenvalue weighted by atomic mass is 10.2. The van der Waals surface area contributed by atoms with Crippen molar-refractivity contribution >= 4 is 11.6 Å². The fraction of sp³-hybridized carbons (Fsp3) is 0.750. The summed E-state index contributed by atoms with van der Waals surface area (Å²) in [6.07, 6.45) is 4.35. The normalized spacial score (nSPS) is 11.6. The van der Waals surface area contributed by atoms with Gasteiger partial charge in [0.25, 0.3) is 0 Å². The molecule has 1 aromatic heterocycles. The number of alkyl halides is 1. The van der Waals surface area contributed by atoms with Crippen LogP contribution in [0.3, 0.4) is 0 Å². The maximum atomic E-state index is 5.70. The summed E-state index contributed by atoms with van der Waals surface area (Å²) >= 11 is 5.70. The van der Waals surface area contributed by atoms with Crippen LogP contribution in [-0.2, 0) is 6.54 Å². The molecule has 1 heterocycles. The molecule has 16 heavy (non-hydrogen) atoms. The van der Waals surface area contributed by atoms with Crippen molar-refractivity contribution in [1.82, 2.24) is 14.7 Å². The van der Waals surface area contributed by atoms with Crippen molar-refractivity contribution in [3.8, 4) is 0 Å².